The zero-order valence-corrected chi connectivity index (χ0v) is 15.5. The Morgan fingerprint density at radius 2 is 2.04 bits per heavy atom. The van der Waals surface area contributed by atoms with E-state index in [1.807, 2.05) is 19.9 Å². The Morgan fingerprint density at radius 1 is 1.26 bits per heavy atom. The molecule has 138 valence electrons. The minimum Gasteiger partial charge on any atom is -0.322 e. The van der Waals surface area contributed by atoms with Crippen LogP contribution in [0.4, 0.5) is 11.4 Å². The molecule has 3 aromatic rings. The largest absolute Gasteiger partial charge is 0.322 e. The maximum absolute atomic E-state index is 12.1. The number of hydrogen-bond acceptors (Lipinski definition) is 5. The first kappa shape index (κ1) is 18.5. The van der Waals surface area contributed by atoms with E-state index in [1.165, 1.54) is 24.3 Å². The molecule has 3 rings (SSSR count). The Bertz CT molecular complexity index is 1110. The zero-order chi connectivity index (χ0) is 19.6. The van der Waals surface area contributed by atoms with E-state index in [-0.39, 0.29) is 22.5 Å². The molecule has 27 heavy (non-hydrogen) atoms. The fourth-order valence-corrected chi connectivity index (χ4v) is 3.75. The van der Waals surface area contributed by atoms with Gasteiger partial charge >= 0.3 is 4.87 Å². The molecule has 0 unspecified atom stereocenters. The molecular weight excluding hydrogens is 366 g/mol. The zero-order valence-electron chi connectivity index (χ0n) is 14.7. The van der Waals surface area contributed by atoms with E-state index in [0.29, 0.717) is 11.3 Å². The SMILES string of the molecule is CC(C)n1c(=O)sc2cc(NC(=O)/C=C/c3cccc([N+](=O)[O-])c3)ccc21. The third-order valence-corrected chi connectivity index (χ3v) is 4.82. The molecule has 0 radical (unpaired) electrons. The van der Waals surface area contributed by atoms with Gasteiger partial charge in [0.15, 0.2) is 0 Å². The van der Waals surface area contributed by atoms with Gasteiger partial charge in [-0.3, -0.25) is 24.3 Å². The van der Waals surface area contributed by atoms with Crippen molar-refractivity contribution in [1.82, 2.24) is 4.57 Å². The van der Waals surface area contributed by atoms with Crippen LogP contribution >= 0.6 is 11.3 Å². The molecule has 0 aliphatic heterocycles. The standard InChI is InChI=1S/C19H17N3O4S/c1-12(2)21-16-8-7-14(11-17(16)27-19(21)24)20-18(23)9-6-13-4-3-5-15(10-13)22(25)26/h3-12H,1-2H3,(H,20,23)/b9-6+. The lowest BCUT2D eigenvalue weighted by Gasteiger charge is -2.08. The highest BCUT2D eigenvalue weighted by Gasteiger charge is 2.11. The summed E-state index contributed by atoms with van der Waals surface area (Å²) >= 11 is 1.14. The number of aromatic nitrogens is 1. The Kier molecular flexibility index (Phi) is 5.18. The second kappa shape index (κ2) is 7.55. The van der Waals surface area contributed by atoms with Gasteiger partial charge in [0.05, 0.1) is 15.1 Å². The molecule has 1 aromatic heterocycles. The van der Waals surface area contributed by atoms with Crippen LogP contribution in [0, 0.1) is 10.1 Å². The van der Waals surface area contributed by atoms with Crippen molar-refractivity contribution in [1.29, 1.82) is 0 Å². The molecule has 1 N–H and O–H groups in total. The van der Waals surface area contributed by atoms with Crippen LogP contribution in [0.15, 0.2) is 53.3 Å². The molecule has 2 aromatic carbocycles. The van der Waals surface area contributed by atoms with Gasteiger partial charge in [-0.1, -0.05) is 23.5 Å². The molecule has 0 saturated heterocycles. The number of nitrogens with zero attached hydrogens (tertiary/aromatic N) is 2. The summed E-state index contributed by atoms with van der Waals surface area (Å²) in [5.41, 5.74) is 1.94. The predicted octanol–water partition coefficient (Wildman–Crippen LogP) is 4.20. The Labute approximate surface area is 158 Å². The van der Waals surface area contributed by atoms with Gasteiger partial charge in [-0.25, -0.2) is 0 Å². The summed E-state index contributed by atoms with van der Waals surface area (Å²) in [4.78, 5) is 34.5. The van der Waals surface area contributed by atoms with Crippen molar-refractivity contribution in [3.05, 3.63) is 73.9 Å². The first-order chi connectivity index (χ1) is 12.8. The number of rotatable bonds is 5. The number of anilines is 1. The number of carbonyl (C=O) groups excluding carboxylic acids is 1. The molecule has 8 heteroatoms. The average Bonchev–Trinajstić information content (AvgIpc) is 2.95. The van der Waals surface area contributed by atoms with Crippen molar-refractivity contribution in [3.63, 3.8) is 0 Å². The first-order valence-electron chi connectivity index (χ1n) is 8.24. The minimum atomic E-state index is -0.485. The molecule has 7 nitrogen and oxygen atoms in total. The fraction of sp³-hybridized carbons (Fsp3) is 0.158. The lowest BCUT2D eigenvalue weighted by Crippen LogP contribution is -2.14. The topological polar surface area (TPSA) is 94.2 Å². The van der Waals surface area contributed by atoms with Crippen LogP contribution < -0.4 is 10.2 Å². The Morgan fingerprint density at radius 3 is 2.74 bits per heavy atom. The van der Waals surface area contributed by atoms with E-state index in [4.69, 9.17) is 0 Å². The second-order valence-corrected chi connectivity index (χ2v) is 7.18. The molecule has 1 heterocycles. The minimum absolute atomic E-state index is 0.0333. The molecule has 0 atom stereocenters. The lowest BCUT2D eigenvalue weighted by molar-refractivity contribution is -0.384. The van der Waals surface area contributed by atoms with Crippen molar-refractivity contribution >= 4 is 44.9 Å². The van der Waals surface area contributed by atoms with Gasteiger partial charge in [-0.15, -0.1) is 0 Å². The van der Waals surface area contributed by atoms with Gasteiger partial charge in [-0.2, -0.15) is 0 Å². The van der Waals surface area contributed by atoms with Crippen LogP contribution in [0.5, 0.6) is 0 Å². The van der Waals surface area contributed by atoms with Gasteiger partial charge in [0.1, 0.15) is 0 Å². The lowest BCUT2D eigenvalue weighted by atomic mass is 10.2. The predicted molar refractivity (Wildman–Crippen MR) is 107 cm³/mol. The average molecular weight is 383 g/mol. The van der Waals surface area contributed by atoms with E-state index >= 15 is 0 Å². The Balaban J connectivity index is 1.77. The first-order valence-corrected chi connectivity index (χ1v) is 9.05. The van der Waals surface area contributed by atoms with Crippen LogP contribution in [0.3, 0.4) is 0 Å². The summed E-state index contributed by atoms with van der Waals surface area (Å²) in [6.45, 7) is 3.89. The van der Waals surface area contributed by atoms with Crippen LogP contribution in [-0.2, 0) is 4.79 Å². The number of fused-ring (bicyclic) bond motifs is 1. The van der Waals surface area contributed by atoms with Crippen LogP contribution in [0.25, 0.3) is 16.3 Å². The smallest absolute Gasteiger partial charge is 0.308 e. The molecule has 0 bridgehead atoms. The van der Waals surface area contributed by atoms with Crippen molar-refractivity contribution in [2.45, 2.75) is 19.9 Å². The third kappa shape index (κ3) is 4.12. The number of benzene rings is 2. The third-order valence-electron chi connectivity index (χ3n) is 3.91. The molecule has 0 spiro atoms. The summed E-state index contributed by atoms with van der Waals surface area (Å²) in [5, 5.41) is 13.5. The molecule has 0 fully saturated rings. The highest BCUT2D eigenvalue weighted by molar-refractivity contribution is 7.16. The van der Waals surface area contributed by atoms with E-state index in [0.717, 1.165) is 21.6 Å². The van der Waals surface area contributed by atoms with E-state index in [9.17, 15) is 19.7 Å². The number of nitrogens with one attached hydrogen (secondary N) is 1. The van der Waals surface area contributed by atoms with E-state index in [1.54, 1.807) is 28.8 Å². The summed E-state index contributed by atoms with van der Waals surface area (Å²) in [6.07, 6.45) is 2.82. The maximum atomic E-state index is 12.1. The molecule has 1 amide bonds. The second-order valence-electron chi connectivity index (χ2n) is 6.19. The maximum Gasteiger partial charge on any atom is 0.308 e. The number of carbonyl (C=O) groups is 1. The number of hydrogen-bond donors (Lipinski definition) is 1. The molecule has 0 aliphatic rings. The summed E-state index contributed by atoms with van der Waals surface area (Å²) in [7, 11) is 0. The quantitative estimate of drug-likeness (QED) is 0.406. The van der Waals surface area contributed by atoms with Gasteiger partial charge < -0.3 is 5.32 Å². The van der Waals surface area contributed by atoms with Crippen molar-refractivity contribution in [3.8, 4) is 0 Å². The van der Waals surface area contributed by atoms with Crippen molar-refractivity contribution in [2.24, 2.45) is 0 Å². The number of non-ortho nitro benzene ring substituents is 1. The summed E-state index contributed by atoms with van der Waals surface area (Å²) < 4.78 is 2.52. The number of thiazole rings is 1. The van der Waals surface area contributed by atoms with Crippen LogP contribution in [0.2, 0.25) is 0 Å². The van der Waals surface area contributed by atoms with Crippen LogP contribution in [-0.4, -0.2) is 15.4 Å². The summed E-state index contributed by atoms with van der Waals surface area (Å²) in [6, 6.07) is 11.4. The van der Waals surface area contributed by atoms with E-state index in [2.05, 4.69) is 5.32 Å². The van der Waals surface area contributed by atoms with Gasteiger partial charge in [0.2, 0.25) is 5.91 Å². The van der Waals surface area contributed by atoms with Crippen molar-refractivity contribution in [2.75, 3.05) is 5.32 Å². The number of nitro benzene ring substituents is 1. The number of nitro groups is 1. The Hall–Kier alpha value is -3.26. The normalized spacial score (nSPS) is 11.4. The van der Waals surface area contributed by atoms with Gasteiger partial charge in [0.25, 0.3) is 5.69 Å². The molecule has 0 aliphatic carbocycles. The highest BCUT2D eigenvalue weighted by Crippen LogP contribution is 2.24. The summed E-state index contributed by atoms with van der Waals surface area (Å²) in [5.74, 6) is -0.364. The van der Waals surface area contributed by atoms with Gasteiger partial charge in [-0.05, 0) is 43.7 Å². The highest BCUT2D eigenvalue weighted by atomic mass is 32.1. The van der Waals surface area contributed by atoms with Crippen LogP contribution in [0.1, 0.15) is 25.5 Å². The van der Waals surface area contributed by atoms with E-state index < -0.39 is 4.92 Å². The van der Waals surface area contributed by atoms with Crippen molar-refractivity contribution < 1.29 is 9.72 Å². The molecular formula is C19H17N3O4S. The number of amides is 1. The van der Waals surface area contributed by atoms with Gasteiger partial charge in [0, 0.05) is 29.9 Å². The molecule has 0 saturated carbocycles. The monoisotopic (exact) mass is 383 g/mol. The fourth-order valence-electron chi connectivity index (χ4n) is 2.70.